The van der Waals surface area contributed by atoms with Crippen molar-refractivity contribution in [2.75, 3.05) is 12.4 Å². The third-order valence-corrected chi connectivity index (χ3v) is 3.64. The number of amides is 1. The van der Waals surface area contributed by atoms with Gasteiger partial charge in [0.1, 0.15) is 5.75 Å². The van der Waals surface area contributed by atoms with Gasteiger partial charge < -0.3 is 10.1 Å². The van der Waals surface area contributed by atoms with E-state index in [0.29, 0.717) is 16.5 Å². The predicted octanol–water partition coefficient (Wildman–Crippen LogP) is 4.48. The summed E-state index contributed by atoms with van der Waals surface area (Å²) >= 11 is 6.07. The third-order valence-electron chi connectivity index (χ3n) is 3.35. The van der Waals surface area contributed by atoms with Crippen molar-refractivity contribution in [2.45, 2.75) is 19.3 Å². The Labute approximate surface area is 129 Å². The first-order chi connectivity index (χ1) is 10.2. The summed E-state index contributed by atoms with van der Waals surface area (Å²) in [5, 5.41) is 3.38. The minimum Gasteiger partial charge on any atom is -0.495 e. The number of nitrogens with one attached hydrogen (secondary N) is 1. The van der Waals surface area contributed by atoms with Crippen LogP contribution in [-0.4, -0.2) is 13.0 Å². The number of halogens is 1. The number of ether oxygens (including phenoxy) is 1. The number of anilines is 1. The highest BCUT2D eigenvalue weighted by molar-refractivity contribution is 6.32. The normalized spacial score (nSPS) is 11.8. The van der Waals surface area contributed by atoms with E-state index in [1.807, 2.05) is 37.3 Å². The molecule has 0 unspecified atom stereocenters. The minimum absolute atomic E-state index is 0.0371. The van der Waals surface area contributed by atoms with Gasteiger partial charge >= 0.3 is 0 Å². The van der Waals surface area contributed by atoms with E-state index >= 15 is 0 Å². The lowest BCUT2D eigenvalue weighted by atomic mass is 9.95. The molecule has 4 heteroatoms. The highest BCUT2D eigenvalue weighted by Crippen LogP contribution is 2.28. The van der Waals surface area contributed by atoms with E-state index in [1.165, 1.54) is 0 Å². The second-order valence-corrected chi connectivity index (χ2v) is 5.12. The molecule has 0 aliphatic carbocycles. The summed E-state index contributed by atoms with van der Waals surface area (Å²) in [4.78, 5) is 12.4. The molecule has 2 aromatic rings. The number of carbonyl (C=O) groups excluding carboxylic acids is 1. The molecule has 0 spiro atoms. The smallest absolute Gasteiger partial charge is 0.231 e. The molecule has 0 saturated carbocycles. The molecule has 21 heavy (non-hydrogen) atoms. The number of benzene rings is 2. The molecule has 0 aromatic heterocycles. The van der Waals surface area contributed by atoms with Crippen LogP contribution in [0.4, 0.5) is 5.69 Å². The lowest BCUT2D eigenvalue weighted by Crippen LogP contribution is -2.20. The summed E-state index contributed by atoms with van der Waals surface area (Å²) in [6, 6.07) is 15.0. The zero-order valence-corrected chi connectivity index (χ0v) is 12.9. The average Bonchev–Trinajstić information content (AvgIpc) is 2.49. The molecule has 0 aliphatic heterocycles. The maximum Gasteiger partial charge on any atom is 0.231 e. The average molecular weight is 304 g/mol. The summed E-state index contributed by atoms with van der Waals surface area (Å²) in [7, 11) is 1.56. The quantitative estimate of drug-likeness (QED) is 0.884. The highest BCUT2D eigenvalue weighted by Gasteiger charge is 2.18. The monoisotopic (exact) mass is 303 g/mol. The minimum atomic E-state index is -0.174. The van der Waals surface area contributed by atoms with Gasteiger partial charge in [0.2, 0.25) is 5.91 Å². The molecular formula is C17H18ClNO2. The van der Waals surface area contributed by atoms with Gasteiger partial charge in [-0.3, -0.25) is 4.79 Å². The van der Waals surface area contributed by atoms with E-state index in [-0.39, 0.29) is 11.8 Å². The van der Waals surface area contributed by atoms with Crippen LogP contribution in [0.5, 0.6) is 5.75 Å². The van der Waals surface area contributed by atoms with Gasteiger partial charge in [0.15, 0.2) is 0 Å². The number of carbonyl (C=O) groups is 1. The molecule has 0 heterocycles. The van der Waals surface area contributed by atoms with Crippen LogP contribution in [0.25, 0.3) is 0 Å². The molecule has 110 valence electrons. The van der Waals surface area contributed by atoms with Gasteiger partial charge in [0, 0.05) is 5.69 Å². The Morgan fingerprint density at radius 2 is 1.95 bits per heavy atom. The van der Waals surface area contributed by atoms with Crippen molar-refractivity contribution in [1.82, 2.24) is 0 Å². The molecule has 0 bridgehead atoms. The molecule has 0 aliphatic rings. The first-order valence-electron chi connectivity index (χ1n) is 6.85. The van der Waals surface area contributed by atoms with Crippen molar-refractivity contribution in [1.29, 1.82) is 0 Å². The van der Waals surface area contributed by atoms with Gasteiger partial charge in [-0.1, -0.05) is 48.9 Å². The Morgan fingerprint density at radius 3 is 2.52 bits per heavy atom. The van der Waals surface area contributed by atoms with E-state index in [9.17, 15) is 4.79 Å². The third kappa shape index (κ3) is 3.76. The second kappa shape index (κ2) is 7.14. The van der Waals surface area contributed by atoms with Crippen LogP contribution < -0.4 is 10.1 Å². The van der Waals surface area contributed by atoms with Gasteiger partial charge in [-0.05, 0) is 30.2 Å². The van der Waals surface area contributed by atoms with Gasteiger partial charge in [-0.25, -0.2) is 0 Å². The van der Waals surface area contributed by atoms with Crippen molar-refractivity contribution >= 4 is 23.2 Å². The second-order valence-electron chi connectivity index (χ2n) is 4.71. The molecular weight excluding hydrogens is 286 g/mol. The van der Waals surface area contributed by atoms with Gasteiger partial charge in [-0.15, -0.1) is 0 Å². The topological polar surface area (TPSA) is 38.3 Å². The lowest BCUT2D eigenvalue weighted by molar-refractivity contribution is -0.117. The van der Waals surface area contributed by atoms with Gasteiger partial charge in [0.05, 0.1) is 18.1 Å². The van der Waals surface area contributed by atoms with E-state index < -0.39 is 0 Å². The Balaban J connectivity index is 2.15. The SMILES string of the molecule is CC[C@@H](C(=O)Nc1ccc(OC)c(Cl)c1)c1ccccc1. The van der Waals surface area contributed by atoms with Crippen LogP contribution in [0, 0.1) is 0 Å². The maximum atomic E-state index is 12.4. The van der Waals surface area contributed by atoms with Crippen molar-refractivity contribution in [3.63, 3.8) is 0 Å². The van der Waals surface area contributed by atoms with Crippen LogP contribution in [0.2, 0.25) is 5.02 Å². The summed E-state index contributed by atoms with van der Waals surface area (Å²) < 4.78 is 5.10. The fourth-order valence-corrected chi connectivity index (χ4v) is 2.49. The Hall–Kier alpha value is -2.00. The van der Waals surface area contributed by atoms with Crippen molar-refractivity contribution in [2.24, 2.45) is 0 Å². The Kier molecular flexibility index (Phi) is 5.23. The zero-order valence-electron chi connectivity index (χ0n) is 12.1. The molecule has 2 aromatic carbocycles. The molecule has 2 rings (SSSR count). The standard InChI is InChI=1S/C17H18ClNO2/c1-3-14(12-7-5-4-6-8-12)17(20)19-13-9-10-16(21-2)15(18)11-13/h4-11,14H,3H2,1-2H3,(H,19,20)/t14-/m1/s1. The summed E-state index contributed by atoms with van der Waals surface area (Å²) in [6.07, 6.45) is 0.736. The predicted molar refractivity (Wildman–Crippen MR) is 86.1 cm³/mol. The first kappa shape index (κ1) is 15.4. The first-order valence-corrected chi connectivity index (χ1v) is 7.22. The molecule has 1 N–H and O–H groups in total. The van der Waals surface area contributed by atoms with Crippen molar-refractivity contribution in [3.05, 3.63) is 59.1 Å². The largest absolute Gasteiger partial charge is 0.495 e. The zero-order chi connectivity index (χ0) is 15.2. The lowest BCUT2D eigenvalue weighted by Gasteiger charge is -2.16. The number of rotatable bonds is 5. The van der Waals surface area contributed by atoms with E-state index in [1.54, 1.807) is 25.3 Å². The molecule has 0 fully saturated rings. The fourth-order valence-electron chi connectivity index (χ4n) is 2.23. The molecule has 0 saturated heterocycles. The summed E-state index contributed by atoms with van der Waals surface area (Å²) in [5.74, 6) is 0.377. The summed E-state index contributed by atoms with van der Waals surface area (Å²) in [6.45, 7) is 2.00. The molecule has 1 amide bonds. The number of hydrogen-bond donors (Lipinski definition) is 1. The van der Waals surface area contributed by atoms with Gasteiger partial charge in [0.25, 0.3) is 0 Å². The number of hydrogen-bond acceptors (Lipinski definition) is 2. The fraction of sp³-hybridized carbons (Fsp3) is 0.235. The Morgan fingerprint density at radius 1 is 1.24 bits per heavy atom. The highest BCUT2D eigenvalue weighted by atomic mass is 35.5. The molecule has 0 radical (unpaired) electrons. The van der Waals surface area contributed by atoms with Crippen LogP contribution in [0.1, 0.15) is 24.8 Å². The van der Waals surface area contributed by atoms with Crippen LogP contribution in [0.15, 0.2) is 48.5 Å². The van der Waals surface area contributed by atoms with Crippen LogP contribution in [0.3, 0.4) is 0 Å². The van der Waals surface area contributed by atoms with Crippen LogP contribution in [-0.2, 0) is 4.79 Å². The summed E-state index contributed by atoms with van der Waals surface area (Å²) in [5.41, 5.74) is 1.68. The van der Waals surface area contributed by atoms with E-state index in [0.717, 1.165) is 12.0 Å². The van der Waals surface area contributed by atoms with Crippen molar-refractivity contribution in [3.8, 4) is 5.75 Å². The van der Waals surface area contributed by atoms with Crippen molar-refractivity contribution < 1.29 is 9.53 Å². The van der Waals surface area contributed by atoms with Crippen LogP contribution >= 0.6 is 11.6 Å². The maximum absolute atomic E-state index is 12.4. The Bertz CT molecular complexity index is 613. The van der Waals surface area contributed by atoms with E-state index in [2.05, 4.69) is 5.32 Å². The molecule has 1 atom stereocenters. The molecule has 3 nitrogen and oxygen atoms in total. The van der Waals surface area contributed by atoms with Gasteiger partial charge in [-0.2, -0.15) is 0 Å². The number of methoxy groups -OCH3 is 1. The van der Waals surface area contributed by atoms with E-state index in [4.69, 9.17) is 16.3 Å².